The highest BCUT2D eigenvalue weighted by Gasteiger charge is 2.21. The van der Waals surface area contributed by atoms with Crippen LogP contribution in [0.4, 0.5) is 23.1 Å². The minimum absolute atomic E-state index is 0.675. The molecule has 8 heteroatoms. The lowest BCUT2D eigenvalue weighted by Gasteiger charge is -2.36. The van der Waals surface area contributed by atoms with Crippen LogP contribution in [0.25, 0.3) is 11.0 Å². The number of aryl methyl sites for hydroxylation is 1. The van der Waals surface area contributed by atoms with Gasteiger partial charge in [-0.2, -0.15) is 15.1 Å². The molecule has 3 heterocycles. The highest BCUT2D eigenvalue weighted by molar-refractivity contribution is 6.30. The molecule has 2 aromatic carbocycles. The number of piperazine rings is 1. The van der Waals surface area contributed by atoms with Gasteiger partial charge in [0.2, 0.25) is 5.95 Å². The van der Waals surface area contributed by atoms with Gasteiger partial charge in [0.15, 0.2) is 5.65 Å². The third-order valence-electron chi connectivity index (χ3n) is 5.35. The van der Waals surface area contributed by atoms with E-state index in [1.54, 1.807) is 10.9 Å². The number of rotatable bonds is 4. The maximum absolute atomic E-state index is 6.15. The SMILES string of the molecule is Cn1ncc2c(Nc3cccc(Cl)c3)nc(N3CCN(c4ccccc4)CC3)nc21. The Morgan fingerprint density at radius 3 is 2.43 bits per heavy atom. The van der Waals surface area contributed by atoms with E-state index in [4.69, 9.17) is 21.6 Å². The van der Waals surface area contributed by atoms with Crippen LogP contribution >= 0.6 is 11.6 Å². The van der Waals surface area contributed by atoms with Crippen molar-refractivity contribution in [2.45, 2.75) is 0 Å². The highest BCUT2D eigenvalue weighted by Crippen LogP contribution is 2.28. The average Bonchev–Trinajstić information content (AvgIpc) is 3.16. The van der Waals surface area contributed by atoms with E-state index in [9.17, 15) is 0 Å². The summed E-state index contributed by atoms with van der Waals surface area (Å²) in [7, 11) is 1.90. The number of hydrogen-bond donors (Lipinski definition) is 1. The van der Waals surface area contributed by atoms with Crippen LogP contribution in [0.5, 0.6) is 0 Å². The summed E-state index contributed by atoms with van der Waals surface area (Å²) in [5.41, 5.74) is 2.93. The van der Waals surface area contributed by atoms with Crippen molar-refractivity contribution in [1.82, 2.24) is 19.7 Å². The number of aromatic nitrogens is 4. The summed E-state index contributed by atoms with van der Waals surface area (Å²) in [4.78, 5) is 14.3. The van der Waals surface area contributed by atoms with Crippen molar-refractivity contribution in [3.05, 3.63) is 65.8 Å². The Hall–Kier alpha value is -3.32. The standard InChI is InChI=1S/C22H22ClN7/c1-28-21-19(15-24-28)20(25-17-7-5-6-16(23)14-17)26-22(27-21)30-12-10-29(11-13-30)18-8-3-2-4-9-18/h2-9,14-15H,10-13H2,1H3,(H,25,26,27). The lowest BCUT2D eigenvalue weighted by molar-refractivity contribution is 0.640. The molecule has 0 amide bonds. The maximum Gasteiger partial charge on any atom is 0.229 e. The van der Waals surface area contributed by atoms with Crippen LogP contribution in [0.15, 0.2) is 60.8 Å². The minimum Gasteiger partial charge on any atom is -0.368 e. The summed E-state index contributed by atoms with van der Waals surface area (Å²) in [5, 5.41) is 9.32. The van der Waals surface area contributed by atoms with Crippen molar-refractivity contribution >= 4 is 45.8 Å². The molecule has 1 saturated heterocycles. The zero-order valence-electron chi connectivity index (χ0n) is 16.7. The molecule has 5 rings (SSSR count). The van der Waals surface area contributed by atoms with Gasteiger partial charge < -0.3 is 15.1 Å². The number of hydrogen-bond acceptors (Lipinski definition) is 6. The third kappa shape index (κ3) is 3.64. The van der Waals surface area contributed by atoms with Crippen molar-refractivity contribution in [1.29, 1.82) is 0 Å². The Morgan fingerprint density at radius 1 is 0.900 bits per heavy atom. The molecule has 0 radical (unpaired) electrons. The fourth-order valence-electron chi connectivity index (χ4n) is 3.75. The fraction of sp³-hybridized carbons (Fsp3) is 0.227. The molecule has 1 fully saturated rings. The zero-order chi connectivity index (χ0) is 20.5. The van der Waals surface area contributed by atoms with Crippen molar-refractivity contribution < 1.29 is 0 Å². The summed E-state index contributed by atoms with van der Waals surface area (Å²) in [5.74, 6) is 1.44. The second kappa shape index (κ2) is 7.84. The van der Waals surface area contributed by atoms with Crippen LogP contribution in [0.2, 0.25) is 5.02 Å². The molecular formula is C22H22ClN7. The van der Waals surface area contributed by atoms with Gasteiger partial charge in [0.25, 0.3) is 0 Å². The van der Waals surface area contributed by atoms with Crippen molar-refractivity contribution in [2.24, 2.45) is 7.05 Å². The molecule has 0 atom stereocenters. The van der Waals surface area contributed by atoms with Crippen molar-refractivity contribution in [3.63, 3.8) is 0 Å². The highest BCUT2D eigenvalue weighted by atomic mass is 35.5. The Bertz CT molecular complexity index is 1170. The number of nitrogens with zero attached hydrogens (tertiary/aromatic N) is 6. The van der Waals surface area contributed by atoms with Gasteiger partial charge in [-0.25, -0.2) is 0 Å². The Balaban J connectivity index is 1.43. The molecule has 0 bridgehead atoms. The summed E-state index contributed by atoms with van der Waals surface area (Å²) in [6.07, 6.45) is 1.79. The summed E-state index contributed by atoms with van der Waals surface area (Å²) >= 11 is 6.15. The number of benzene rings is 2. The van der Waals surface area contributed by atoms with E-state index in [0.29, 0.717) is 11.0 Å². The molecule has 152 valence electrons. The second-order valence-electron chi connectivity index (χ2n) is 7.32. The van der Waals surface area contributed by atoms with E-state index in [1.165, 1.54) is 5.69 Å². The van der Waals surface area contributed by atoms with Crippen LogP contribution in [-0.4, -0.2) is 45.9 Å². The molecule has 1 aliphatic heterocycles. The lowest BCUT2D eigenvalue weighted by atomic mass is 10.2. The van der Waals surface area contributed by atoms with Crippen LogP contribution in [0.1, 0.15) is 0 Å². The van der Waals surface area contributed by atoms with Crippen LogP contribution in [0, 0.1) is 0 Å². The van der Waals surface area contributed by atoms with Crippen LogP contribution in [-0.2, 0) is 7.05 Å². The quantitative estimate of drug-likeness (QED) is 0.537. The fourth-order valence-corrected chi connectivity index (χ4v) is 3.94. The first kappa shape index (κ1) is 18.7. The molecule has 0 saturated carbocycles. The normalized spacial score (nSPS) is 14.3. The lowest BCUT2D eigenvalue weighted by Crippen LogP contribution is -2.47. The smallest absolute Gasteiger partial charge is 0.229 e. The van der Waals surface area contributed by atoms with Gasteiger partial charge >= 0.3 is 0 Å². The van der Waals surface area contributed by atoms with E-state index >= 15 is 0 Å². The van der Waals surface area contributed by atoms with Gasteiger partial charge in [-0.05, 0) is 30.3 Å². The number of anilines is 4. The first-order chi connectivity index (χ1) is 14.7. The molecule has 30 heavy (non-hydrogen) atoms. The van der Waals surface area contributed by atoms with E-state index in [1.807, 2.05) is 37.4 Å². The molecule has 1 aliphatic rings. The Kier molecular flexibility index (Phi) is 4.88. The van der Waals surface area contributed by atoms with Crippen molar-refractivity contribution in [2.75, 3.05) is 41.3 Å². The first-order valence-corrected chi connectivity index (χ1v) is 10.3. The molecule has 0 spiro atoms. The number of halogens is 1. The molecular weight excluding hydrogens is 398 g/mol. The number of nitrogens with one attached hydrogen (secondary N) is 1. The monoisotopic (exact) mass is 419 g/mol. The minimum atomic E-state index is 0.675. The number of fused-ring (bicyclic) bond motifs is 1. The topological polar surface area (TPSA) is 62.1 Å². The van der Waals surface area contributed by atoms with Gasteiger partial charge in [-0.3, -0.25) is 4.68 Å². The van der Waals surface area contributed by atoms with Gasteiger partial charge in [0.1, 0.15) is 5.82 Å². The van der Waals surface area contributed by atoms with E-state index < -0.39 is 0 Å². The molecule has 1 N–H and O–H groups in total. The summed E-state index contributed by atoms with van der Waals surface area (Å²) in [6, 6.07) is 18.1. The van der Waals surface area contributed by atoms with E-state index in [2.05, 4.69) is 44.5 Å². The molecule has 0 aliphatic carbocycles. The molecule has 4 aromatic rings. The second-order valence-corrected chi connectivity index (χ2v) is 7.76. The predicted octanol–water partition coefficient (Wildman–Crippen LogP) is 4.09. The van der Waals surface area contributed by atoms with Gasteiger partial charge in [0, 0.05) is 49.6 Å². The number of para-hydroxylation sites is 1. The summed E-state index contributed by atoms with van der Waals surface area (Å²) in [6.45, 7) is 3.56. The average molecular weight is 420 g/mol. The Labute approximate surface area is 179 Å². The zero-order valence-corrected chi connectivity index (χ0v) is 17.4. The Morgan fingerprint density at radius 2 is 1.67 bits per heavy atom. The van der Waals surface area contributed by atoms with Crippen LogP contribution in [0.3, 0.4) is 0 Å². The predicted molar refractivity (Wildman–Crippen MR) is 122 cm³/mol. The molecule has 7 nitrogen and oxygen atoms in total. The van der Waals surface area contributed by atoms with Gasteiger partial charge in [-0.15, -0.1) is 0 Å². The van der Waals surface area contributed by atoms with Crippen LogP contribution < -0.4 is 15.1 Å². The molecule has 2 aromatic heterocycles. The summed E-state index contributed by atoms with van der Waals surface area (Å²) < 4.78 is 1.78. The van der Waals surface area contributed by atoms with E-state index in [0.717, 1.165) is 48.7 Å². The van der Waals surface area contributed by atoms with E-state index in [-0.39, 0.29) is 0 Å². The largest absolute Gasteiger partial charge is 0.368 e. The maximum atomic E-state index is 6.15. The first-order valence-electron chi connectivity index (χ1n) is 9.95. The van der Waals surface area contributed by atoms with Gasteiger partial charge in [0.05, 0.1) is 11.6 Å². The molecule has 0 unspecified atom stereocenters. The van der Waals surface area contributed by atoms with Gasteiger partial charge in [-0.1, -0.05) is 35.9 Å². The van der Waals surface area contributed by atoms with Crippen molar-refractivity contribution in [3.8, 4) is 0 Å². The third-order valence-corrected chi connectivity index (χ3v) is 5.59.